The molecule has 0 aromatic carbocycles. The van der Waals surface area contributed by atoms with E-state index in [1.807, 2.05) is 13.0 Å². The molecule has 11 heteroatoms. The van der Waals surface area contributed by atoms with Gasteiger partial charge in [0, 0.05) is 38.8 Å². The fourth-order valence-electron chi connectivity index (χ4n) is 3.39. The number of carbonyl (C=O) groups is 2. The maximum absolute atomic E-state index is 12.7. The molecule has 0 radical (unpaired) electrons. The van der Waals surface area contributed by atoms with E-state index in [1.165, 1.54) is 4.90 Å². The first-order valence-electron chi connectivity index (χ1n) is 9.70. The number of aromatic nitrogens is 2. The number of amides is 2. The van der Waals surface area contributed by atoms with Gasteiger partial charge in [0.2, 0.25) is 5.91 Å². The molecule has 0 bridgehead atoms. The number of hydrogen-bond acceptors (Lipinski definition) is 8. The first-order valence-corrected chi connectivity index (χ1v) is 9.70. The lowest BCUT2D eigenvalue weighted by atomic mass is 9.94. The van der Waals surface area contributed by atoms with E-state index in [0.717, 1.165) is 5.69 Å². The molecule has 1 aromatic heterocycles. The van der Waals surface area contributed by atoms with Gasteiger partial charge in [0.1, 0.15) is 24.4 Å². The normalized spacial score (nSPS) is 30.2. The van der Waals surface area contributed by atoms with Crippen molar-refractivity contribution in [2.45, 2.75) is 50.4 Å². The summed E-state index contributed by atoms with van der Waals surface area (Å²) in [6.45, 7) is 3.63. The monoisotopic (exact) mass is 412 g/mol. The molecule has 2 aliphatic heterocycles. The minimum Gasteiger partial charge on any atom is -0.388 e. The third kappa shape index (κ3) is 5.31. The lowest BCUT2D eigenvalue weighted by molar-refractivity contribution is -0.224. The molecule has 4 N–H and O–H groups in total. The van der Waals surface area contributed by atoms with Crippen LogP contribution in [-0.2, 0) is 25.6 Å². The van der Waals surface area contributed by atoms with Crippen LogP contribution in [0.15, 0.2) is 12.3 Å². The summed E-state index contributed by atoms with van der Waals surface area (Å²) in [5.74, 6) is -0.761. The van der Waals surface area contributed by atoms with Crippen molar-refractivity contribution in [3.05, 3.63) is 18.0 Å². The number of ether oxygens (including phenoxy) is 2. The van der Waals surface area contributed by atoms with Crippen LogP contribution in [0.25, 0.3) is 0 Å². The van der Waals surface area contributed by atoms with Crippen LogP contribution < -0.4 is 5.32 Å². The summed E-state index contributed by atoms with van der Waals surface area (Å²) in [7, 11) is 0. The molecule has 0 aliphatic carbocycles. The summed E-state index contributed by atoms with van der Waals surface area (Å²) < 4.78 is 12.4. The molecule has 11 nitrogen and oxygen atoms in total. The van der Waals surface area contributed by atoms with Gasteiger partial charge in [0.25, 0.3) is 5.91 Å². The van der Waals surface area contributed by atoms with Crippen molar-refractivity contribution in [1.82, 2.24) is 20.0 Å². The van der Waals surface area contributed by atoms with Crippen LogP contribution in [0.4, 0.5) is 0 Å². The van der Waals surface area contributed by atoms with E-state index in [4.69, 9.17) is 9.47 Å². The molecule has 3 heterocycles. The maximum Gasteiger partial charge on any atom is 0.254 e. The van der Waals surface area contributed by atoms with E-state index in [2.05, 4.69) is 10.4 Å². The zero-order chi connectivity index (χ0) is 21.0. The van der Waals surface area contributed by atoms with Crippen LogP contribution in [0, 0.1) is 6.92 Å². The summed E-state index contributed by atoms with van der Waals surface area (Å²) >= 11 is 0. The third-order valence-corrected chi connectivity index (χ3v) is 5.12. The van der Waals surface area contributed by atoms with E-state index in [0.29, 0.717) is 32.8 Å². The molecular formula is C18H28N4O7. The highest BCUT2D eigenvalue weighted by Gasteiger charge is 2.47. The number of rotatable bonds is 6. The molecular weight excluding hydrogens is 384 g/mol. The zero-order valence-corrected chi connectivity index (χ0v) is 16.3. The van der Waals surface area contributed by atoms with Gasteiger partial charge < -0.3 is 35.0 Å². The molecule has 0 saturated carbocycles. The fraction of sp³-hybridized carbons (Fsp3) is 0.722. The first-order chi connectivity index (χ1) is 13.9. The van der Waals surface area contributed by atoms with E-state index in [9.17, 15) is 24.9 Å². The number of nitrogens with zero attached hydrogens (tertiary/aromatic N) is 3. The van der Waals surface area contributed by atoms with Gasteiger partial charge in [-0.3, -0.25) is 14.3 Å². The van der Waals surface area contributed by atoms with Gasteiger partial charge in [0.05, 0.1) is 18.9 Å². The van der Waals surface area contributed by atoms with Gasteiger partial charge in [-0.1, -0.05) is 0 Å². The summed E-state index contributed by atoms with van der Waals surface area (Å²) in [4.78, 5) is 26.2. The van der Waals surface area contributed by atoms with Crippen LogP contribution in [0.2, 0.25) is 0 Å². The van der Waals surface area contributed by atoms with Crippen molar-refractivity contribution in [3.8, 4) is 0 Å². The molecule has 0 spiro atoms. The first kappa shape index (κ1) is 21.7. The minimum atomic E-state index is -1.56. The largest absolute Gasteiger partial charge is 0.388 e. The van der Waals surface area contributed by atoms with Crippen LogP contribution in [0.3, 0.4) is 0 Å². The second-order valence-electron chi connectivity index (χ2n) is 7.28. The van der Waals surface area contributed by atoms with Gasteiger partial charge >= 0.3 is 0 Å². The number of nitrogens with one attached hydrogen (secondary N) is 1. The SMILES string of the molecule is Cc1ccn(CCC(=O)NC[C@@H]2O[C@H](C(=O)N3CCOCC3)[C@H](O)[C@H](O)[C@H]2O)n1. The summed E-state index contributed by atoms with van der Waals surface area (Å²) in [6, 6.07) is 1.84. The highest BCUT2D eigenvalue weighted by molar-refractivity contribution is 5.82. The van der Waals surface area contributed by atoms with Gasteiger partial charge in [-0.05, 0) is 13.0 Å². The Kier molecular flexibility index (Phi) is 7.19. The maximum atomic E-state index is 12.7. The molecule has 162 valence electrons. The Morgan fingerprint density at radius 3 is 2.59 bits per heavy atom. The standard InChI is InChI=1S/C18H28N4O7/c1-11-2-4-22(20-11)5-3-13(23)19-10-12-14(24)15(25)16(26)17(29-12)18(27)21-6-8-28-9-7-21/h2,4,12,14-17,24-26H,3,5-10H2,1H3,(H,19,23)/t12-,14-,15+,16+,17-/m0/s1. The molecule has 5 atom stereocenters. The molecule has 1 aromatic rings. The van der Waals surface area contributed by atoms with E-state index >= 15 is 0 Å². The second-order valence-corrected chi connectivity index (χ2v) is 7.28. The van der Waals surface area contributed by atoms with Crippen LogP contribution >= 0.6 is 0 Å². The highest BCUT2D eigenvalue weighted by atomic mass is 16.5. The summed E-state index contributed by atoms with van der Waals surface area (Å²) in [5.41, 5.74) is 0.854. The average Bonchev–Trinajstić information content (AvgIpc) is 3.15. The smallest absolute Gasteiger partial charge is 0.254 e. The molecule has 2 saturated heterocycles. The van der Waals surface area contributed by atoms with Crippen molar-refractivity contribution >= 4 is 11.8 Å². The quantitative estimate of drug-likeness (QED) is 0.398. The predicted molar refractivity (Wildman–Crippen MR) is 98.7 cm³/mol. The number of carbonyl (C=O) groups excluding carboxylic acids is 2. The minimum absolute atomic E-state index is 0.102. The Morgan fingerprint density at radius 1 is 1.21 bits per heavy atom. The summed E-state index contributed by atoms with van der Waals surface area (Å²) in [6.07, 6.45) is -4.96. The Hall–Kier alpha value is -2.05. The third-order valence-electron chi connectivity index (χ3n) is 5.12. The molecule has 29 heavy (non-hydrogen) atoms. The van der Waals surface area contributed by atoms with E-state index in [1.54, 1.807) is 10.9 Å². The van der Waals surface area contributed by atoms with Crippen LogP contribution in [0.1, 0.15) is 12.1 Å². The number of aliphatic hydroxyl groups excluding tert-OH is 3. The van der Waals surface area contributed by atoms with Crippen molar-refractivity contribution < 1.29 is 34.4 Å². The Bertz CT molecular complexity index is 706. The Balaban J connectivity index is 1.53. The number of hydrogen-bond donors (Lipinski definition) is 4. The topological polar surface area (TPSA) is 146 Å². The van der Waals surface area contributed by atoms with Gasteiger partial charge in [0.15, 0.2) is 6.10 Å². The molecule has 2 amide bonds. The zero-order valence-electron chi connectivity index (χ0n) is 16.3. The number of morpholine rings is 1. The van der Waals surface area contributed by atoms with Crippen LogP contribution in [0.5, 0.6) is 0 Å². The lowest BCUT2D eigenvalue weighted by Gasteiger charge is -2.42. The number of aliphatic hydroxyl groups is 3. The second kappa shape index (κ2) is 9.63. The number of aryl methyl sites for hydroxylation is 2. The molecule has 3 rings (SSSR count). The highest BCUT2D eigenvalue weighted by Crippen LogP contribution is 2.23. The van der Waals surface area contributed by atoms with Crippen molar-refractivity contribution in [2.24, 2.45) is 0 Å². The molecule has 2 fully saturated rings. The molecule has 0 unspecified atom stereocenters. The van der Waals surface area contributed by atoms with Crippen LogP contribution in [-0.4, -0.2) is 105 Å². The predicted octanol–water partition coefficient (Wildman–Crippen LogP) is -2.59. The van der Waals surface area contributed by atoms with Gasteiger partial charge in [-0.25, -0.2) is 0 Å². The van der Waals surface area contributed by atoms with Crippen molar-refractivity contribution in [2.75, 3.05) is 32.8 Å². The average molecular weight is 412 g/mol. The van der Waals surface area contributed by atoms with Crippen molar-refractivity contribution in [1.29, 1.82) is 0 Å². The van der Waals surface area contributed by atoms with Crippen molar-refractivity contribution in [3.63, 3.8) is 0 Å². The Labute approximate surface area is 168 Å². The van der Waals surface area contributed by atoms with E-state index in [-0.39, 0.29) is 18.9 Å². The fourth-order valence-corrected chi connectivity index (χ4v) is 3.39. The molecule has 2 aliphatic rings. The van der Waals surface area contributed by atoms with Gasteiger partial charge in [-0.2, -0.15) is 5.10 Å². The van der Waals surface area contributed by atoms with E-state index < -0.39 is 36.4 Å². The van der Waals surface area contributed by atoms with Gasteiger partial charge in [-0.15, -0.1) is 0 Å². The Morgan fingerprint density at radius 2 is 1.93 bits per heavy atom. The lowest BCUT2D eigenvalue weighted by Crippen LogP contribution is -2.64. The summed E-state index contributed by atoms with van der Waals surface area (Å²) in [5, 5.41) is 37.4.